The van der Waals surface area contributed by atoms with Crippen molar-refractivity contribution >= 4 is 5.91 Å². The molecule has 31 heavy (non-hydrogen) atoms. The first kappa shape index (κ1) is 23.9. The largest absolute Gasteiger partial charge is 0.493 e. The van der Waals surface area contributed by atoms with Crippen LogP contribution in [0.4, 0.5) is 0 Å². The Hall–Kier alpha value is -1.79. The minimum atomic E-state index is 0.0551. The molecule has 1 N–H and O–H groups in total. The summed E-state index contributed by atoms with van der Waals surface area (Å²) in [6, 6.07) is 6.06. The summed E-state index contributed by atoms with van der Waals surface area (Å²) in [5, 5.41) is 3.44. The zero-order chi connectivity index (χ0) is 22.1. The molecule has 6 heteroatoms. The first-order chi connectivity index (χ1) is 15.1. The minimum absolute atomic E-state index is 0.0551. The highest BCUT2D eigenvalue weighted by Crippen LogP contribution is 2.29. The fourth-order valence-corrected chi connectivity index (χ4v) is 4.66. The summed E-state index contributed by atoms with van der Waals surface area (Å²) in [6.45, 7) is 7.27. The van der Waals surface area contributed by atoms with Gasteiger partial charge < -0.3 is 24.4 Å². The first-order valence-corrected chi connectivity index (χ1v) is 12.1. The molecule has 1 unspecified atom stereocenters. The van der Waals surface area contributed by atoms with Crippen molar-refractivity contribution in [1.29, 1.82) is 0 Å². The summed E-state index contributed by atoms with van der Waals surface area (Å²) in [5.74, 6) is 1.49. The van der Waals surface area contributed by atoms with Crippen molar-refractivity contribution in [3.8, 4) is 11.5 Å². The van der Waals surface area contributed by atoms with Gasteiger partial charge in [0.1, 0.15) is 11.5 Å². The highest BCUT2D eigenvalue weighted by Gasteiger charge is 2.29. The molecule has 2 fully saturated rings. The van der Waals surface area contributed by atoms with E-state index in [1.165, 1.54) is 19.3 Å². The third-order valence-electron chi connectivity index (χ3n) is 6.20. The highest BCUT2D eigenvalue weighted by molar-refractivity contribution is 5.95. The fourth-order valence-electron chi connectivity index (χ4n) is 4.66. The molecule has 2 aliphatic rings. The Morgan fingerprint density at radius 3 is 2.52 bits per heavy atom. The normalized spacial score (nSPS) is 19.9. The van der Waals surface area contributed by atoms with Crippen LogP contribution in [0.3, 0.4) is 0 Å². The number of benzene rings is 1. The van der Waals surface area contributed by atoms with E-state index in [2.05, 4.69) is 19.2 Å². The van der Waals surface area contributed by atoms with Gasteiger partial charge in [-0.15, -0.1) is 0 Å². The van der Waals surface area contributed by atoms with Crippen LogP contribution in [0.15, 0.2) is 18.2 Å². The van der Waals surface area contributed by atoms with Crippen LogP contribution in [-0.4, -0.2) is 62.4 Å². The van der Waals surface area contributed by atoms with Crippen LogP contribution in [0.1, 0.15) is 75.6 Å². The van der Waals surface area contributed by atoms with Crippen LogP contribution in [0, 0.1) is 0 Å². The molecule has 0 aromatic heterocycles. The van der Waals surface area contributed by atoms with Gasteiger partial charge in [-0.3, -0.25) is 4.79 Å². The number of rotatable bonds is 10. The average molecular weight is 433 g/mol. The Kier molecular flexibility index (Phi) is 9.47. The van der Waals surface area contributed by atoms with Gasteiger partial charge >= 0.3 is 0 Å². The average Bonchev–Trinajstić information content (AvgIpc) is 2.78. The lowest BCUT2D eigenvalue weighted by atomic mass is 9.98. The quantitative estimate of drug-likeness (QED) is 0.555. The van der Waals surface area contributed by atoms with Crippen LogP contribution >= 0.6 is 0 Å². The molecular weight excluding hydrogens is 392 g/mol. The lowest BCUT2D eigenvalue weighted by Crippen LogP contribution is -2.51. The first-order valence-electron chi connectivity index (χ1n) is 12.1. The Morgan fingerprint density at radius 1 is 1.06 bits per heavy atom. The van der Waals surface area contributed by atoms with Crippen molar-refractivity contribution in [2.75, 3.05) is 33.4 Å². The maximum absolute atomic E-state index is 13.6. The van der Waals surface area contributed by atoms with E-state index >= 15 is 0 Å². The van der Waals surface area contributed by atoms with Crippen molar-refractivity contribution in [2.24, 2.45) is 0 Å². The van der Waals surface area contributed by atoms with Gasteiger partial charge in [0.2, 0.25) is 0 Å². The highest BCUT2D eigenvalue weighted by atomic mass is 16.5. The van der Waals surface area contributed by atoms with E-state index in [0.717, 1.165) is 50.9 Å². The molecule has 1 saturated heterocycles. The molecular formula is C25H40N2O4. The second-order valence-corrected chi connectivity index (χ2v) is 9.07. The minimum Gasteiger partial charge on any atom is -0.493 e. The number of hydrogen-bond donors (Lipinski definition) is 1. The Bertz CT molecular complexity index is 682. The molecule has 1 heterocycles. The Labute approximate surface area is 187 Å². The summed E-state index contributed by atoms with van der Waals surface area (Å²) in [5.41, 5.74) is 0.648. The number of ether oxygens (including phenoxy) is 3. The van der Waals surface area contributed by atoms with Gasteiger partial charge in [-0.1, -0.05) is 6.42 Å². The molecule has 1 aromatic rings. The molecule has 1 amide bonds. The maximum Gasteiger partial charge on any atom is 0.254 e. The van der Waals surface area contributed by atoms with E-state index in [1.54, 1.807) is 7.11 Å². The number of nitrogens with one attached hydrogen (secondary N) is 1. The molecule has 1 aromatic carbocycles. The smallest absolute Gasteiger partial charge is 0.254 e. The lowest BCUT2D eigenvalue weighted by Gasteiger charge is -2.37. The van der Waals surface area contributed by atoms with Crippen molar-refractivity contribution in [3.05, 3.63) is 23.8 Å². The van der Waals surface area contributed by atoms with E-state index in [9.17, 15) is 4.79 Å². The molecule has 0 bridgehead atoms. The van der Waals surface area contributed by atoms with Gasteiger partial charge in [-0.2, -0.15) is 0 Å². The number of methoxy groups -OCH3 is 1. The molecule has 1 aliphatic carbocycles. The number of carbonyl (C=O) groups is 1. The van der Waals surface area contributed by atoms with Gasteiger partial charge in [-0.05, 0) is 71.0 Å². The van der Waals surface area contributed by atoms with Crippen molar-refractivity contribution in [3.63, 3.8) is 0 Å². The number of nitrogens with zero attached hydrogens (tertiary/aromatic N) is 1. The molecule has 174 valence electrons. The van der Waals surface area contributed by atoms with Crippen LogP contribution in [0.5, 0.6) is 11.5 Å². The topological polar surface area (TPSA) is 60.0 Å². The molecule has 3 rings (SSSR count). The van der Waals surface area contributed by atoms with Crippen LogP contribution in [-0.2, 0) is 4.74 Å². The van der Waals surface area contributed by atoms with Gasteiger partial charge in [0.15, 0.2) is 0 Å². The van der Waals surface area contributed by atoms with Gasteiger partial charge in [0, 0.05) is 50.4 Å². The number of piperidine rings is 1. The SMILES string of the molecule is COCCCOc1cc(OC2CCCCC2)cc(C(=O)N(C(C)C)C2CCCNC2)c1. The molecule has 1 atom stereocenters. The third-order valence-corrected chi connectivity index (χ3v) is 6.20. The number of hydrogen-bond acceptors (Lipinski definition) is 5. The molecule has 1 saturated carbocycles. The molecule has 1 aliphatic heterocycles. The van der Waals surface area contributed by atoms with Gasteiger partial charge in [0.25, 0.3) is 5.91 Å². The Morgan fingerprint density at radius 2 is 1.84 bits per heavy atom. The standard InChI is InChI=1S/C25H40N2O4/c1-19(2)27(21-9-7-12-26-18-21)25(28)20-15-23(30-14-8-13-29-3)17-24(16-20)31-22-10-5-4-6-11-22/h15-17,19,21-22,26H,4-14,18H2,1-3H3. The summed E-state index contributed by atoms with van der Waals surface area (Å²) in [4.78, 5) is 15.7. The Balaban J connectivity index is 1.80. The van der Waals surface area contributed by atoms with E-state index in [-0.39, 0.29) is 24.1 Å². The van der Waals surface area contributed by atoms with Crippen molar-refractivity contribution in [1.82, 2.24) is 10.2 Å². The monoisotopic (exact) mass is 432 g/mol. The van der Waals surface area contributed by atoms with Crippen LogP contribution < -0.4 is 14.8 Å². The zero-order valence-electron chi connectivity index (χ0n) is 19.5. The van der Waals surface area contributed by atoms with Gasteiger partial charge in [-0.25, -0.2) is 0 Å². The lowest BCUT2D eigenvalue weighted by molar-refractivity contribution is 0.0572. The van der Waals surface area contributed by atoms with Crippen LogP contribution in [0.2, 0.25) is 0 Å². The van der Waals surface area contributed by atoms with Crippen LogP contribution in [0.25, 0.3) is 0 Å². The summed E-state index contributed by atoms with van der Waals surface area (Å²) in [7, 11) is 1.69. The number of amides is 1. The predicted octanol–water partition coefficient (Wildman–Crippen LogP) is 4.42. The predicted molar refractivity (Wildman–Crippen MR) is 123 cm³/mol. The van der Waals surface area contributed by atoms with Crippen molar-refractivity contribution < 1.29 is 19.0 Å². The summed E-state index contributed by atoms with van der Waals surface area (Å²) >= 11 is 0. The van der Waals surface area contributed by atoms with Gasteiger partial charge in [0.05, 0.1) is 12.7 Å². The second-order valence-electron chi connectivity index (χ2n) is 9.07. The third kappa shape index (κ3) is 7.11. The summed E-state index contributed by atoms with van der Waals surface area (Å²) in [6.07, 6.45) is 9.02. The van der Waals surface area contributed by atoms with E-state index in [1.807, 2.05) is 23.1 Å². The van der Waals surface area contributed by atoms with Crippen molar-refractivity contribution in [2.45, 2.75) is 83.4 Å². The van der Waals surface area contributed by atoms with E-state index in [4.69, 9.17) is 14.2 Å². The molecule has 6 nitrogen and oxygen atoms in total. The number of carbonyl (C=O) groups excluding carboxylic acids is 1. The van der Waals surface area contributed by atoms with E-state index < -0.39 is 0 Å². The fraction of sp³-hybridized carbons (Fsp3) is 0.720. The zero-order valence-corrected chi connectivity index (χ0v) is 19.5. The molecule has 0 radical (unpaired) electrons. The summed E-state index contributed by atoms with van der Waals surface area (Å²) < 4.78 is 17.4. The second kappa shape index (κ2) is 12.3. The van der Waals surface area contributed by atoms with E-state index in [0.29, 0.717) is 24.5 Å². The molecule has 0 spiro atoms. The maximum atomic E-state index is 13.6.